The number of sulfonamides is 1. The summed E-state index contributed by atoms with van der Waals surface area (Å²) in [5, 5.41) is 2.98. The van der Waals surface area contributed by atoms with Crippen LogP contribution in [0.3, 0.4) is 0 Å². The van der Waals surface area contributed by atoms with Crippen molar-refractivity contribution in [3.8, 4) is 0 Å². The summed E-state index contributed by atoms with van der Waals surface area (Å²) in [5.41, 5.74) is 8.80. The summed E-state index contributed by atoms with van der Waals surface area (Å²) in [6, 6.07) is 8.79. The number of aryl methyl sites for hydroxylation is 1. The van der Waals surface area contributed by atoms with Gasteiger partial charge in [0.2, 0.25) is 10.0 Å². The van der Waals surface area contributed by atoms with Crippen LogP contribution in [0.25, 0.3) is 0 Å². The minimum Gasteiger partial charge on any atom is -0.455 e. The van der Waals surface area contributed by atoms with Gasteiger partial charge in [0.15, 0.2) is 5.76 Å². The largest absolute Gasteiger partial charge is 0.455 e. The molecule has 1 heterocycles. The molecular formula is C17H21N3O4S. The maximum Gasteiger partial charge on any atom is 0.287 e. The summed E-state index contributed by atoms with van der Waals surface area (Å²) in [6.07, 6.45) is 3.85. The fourth-order valence-electron chi connectivity index (χ4n) is 3.01. The lowest BCUT2D eigenvalue weighted by Crippen LogP contribution is -2.30. The van der Waals surface area contributed by atoms with Gasteiger partial charge in [-0.2, -0.15) is 0 Å². The third-order valence-corrected chi connectivity index (χ3v) is 4.85. The number of nitrogen functional groups attached to an aromatic ring is 1. The normalized spacial score (nSPS) is 17.1. The molecule has 1 aliphatic rings. The van der Waals surface area contributed by atoms with E-state index in [4.69, 9.17) is 10.2 Å². The van der Waals surface area contributed by atoms with E-state index in [0.717, 1.165) is 42.3 Å². The van der Waals surface area contributed by atoms with E-state index in [9.17, 15) is 13.2 Å². The van der Waals surface area contributed by atoms with Gasteiger partial charge >= 0.3 is 0 Å². The lowest BCUT2D eigenvalue weighted by molar-refractivity contribution is 0.0903. The minimum atomic E-state index is -3.31. The monoisotopic (exact) mass is 363 g/mol. The molecule has 0 fully saturated rings. The molecule has 0 bridgehead atoms. The summed E-state index contributed by atoms with van der Waals surface area (Å²) < 4.78 is 30.0. The molecule has 8 heteroatoms. The number of carbonyl (C=O) groups excluding carboxylic acids is 1. The number of rotatable bonds is 5. The van der Waals surface area contributed by atoms with Crippen molar-refractivity contribution in [2.24, 2.45) is 0 Å². The predicted octanol–water partition coefficient (Wildman–Crippen LogP) is 1.72. The van der Waals surface area contributed by atoms with Crippen LogP contribution in [0.4, 0.5) is 5.69 Å². The zero-order valence-corrected chi connectivity index (χ0v) is 14.7. The average molecular weight is 363 g/mol. The Morgan fingerprint density at radius 2 is 2.12 bits per heavy atom. The van der Waals surface area contributed by atoms with Crippen molar-refractivity contribution in [1.82, 2.24) is 10.0 Å². The number of nitrogens with two attached hydrogens (primary N) is 1. The highest BCUT2D eigenvalue weighted by molar-refractivity contribution is 7.88. The highest BCUT2D eigenvalue weighted by Crippen LogP contribution is 2.31. The van der Waals surface area contributed by atoms with Crippen molar-refractivity contribution in [2.75, 3.05) is 12.0 Å². The Morgan fingerprint density at radius 3 is 2.88 bits per heavy atom. The van der Waals surface area contributed by atoms with E-state index < -0.39 is 10.0 Å². The first-order valence-electron chi connectivity index (χ1n) is 8.04. The van der Waals surface area contributed by atoms with Gasteiger partial charge < -0.3 is 15.5 Å². The molecular weight excluding hydrogens is 342 g/mol. The number of hydrogen-bond acceptors (Lipinski definition) is 5. The standard InChI is InChI=1S/C17H21N3O4S/c1-25(22,23)19-10-13-6-8-16(24-13)17(21)20-15-4-2-3-11-9-12(18)5-7-14(11)15/h5-9,15,19H,2-4,10,18H2,1H3,(H,20,21). The van der Waals surface area contributed by atoms with Crippen molar-refractivity contribution in [3.63, 3.8) is 0 Å². The van der Waals surface area contributed by atoms with Crippen molar-refractivity contribution in [2.45, 2.75) is 31.8 Å². The lowest BCUT2D eigenvalue weighted by Gasteiger charge is -2.26. The van der Waals surface area contributed by atoms with Gasteiger partial charge in [-0.3, -0.25) is 4.79 Å². The molecule has 4 N–H and O–H groups in total. The highest BCUT2D eigenvalue weighted by Gasteiger charge is 2.23. The van der Waals surface area contributed by atoms with Crippen molar-refractivity contribution in [1.29, 1.82) is 0 Å². The highest BCUT2D eigenvalue weighted by atomic mass is 32.2. The first kappa shape index (κ1) is 17.5. The molecule has 1 aliphatic carbocycles. The maximum absolute atomic E-state index is 12.4. The smallest absolute Gasteiger partial charge is 0.287 e. The summed E-state index contributed by atoms with van der Waals surface area (Å²) in [4.78, 5) is 12.4. The van der Waals surface area contributed by atoms with Gasteiger partial charge in [0.25, 0.3) is 5.91 Å². The number of carbonyl (C=O) groups is 1. The molecule has 0 aliphatic heterocycles. The molecule has 7 nitrogen and oxygen atoms in total. The Bertz CT molecular complexity index is 889. The number of anilines is 1. The van der Waals surface area contributed by atoms with Crippen LogP contribution < -0.4 is 15.8 Å². The Labute approximate surface area is 146 Å². The van der Waals surface area contributed by atoms with Crippen LogP contribution >= 0.6 is 0 Å². The van der Waals surface area contributed by atoms with Crippen molar-refractivity contribution < 1.29 is 17.6 Å². The number of furan rings is 1. The molecule has 25 heavy (non-hydrogen) atoms. The summed E-state index contributed by atoms with van der Waals surface area (Å²) in [5.74, 6) is 0.223. The molecule has 1 atom stereocenters. The fourth-order valence-corrected chi connectivity index (χ4v) is 3.42. The van der Waals surface area contributed by atoms with Crippen LogP contribution in [0.5, 0.6) is 0 Å². The van der Waals surface area contributed by atoms with Crippen LogP contribution in [0.1, 0.15) is 46.3 Å². The number of amides is 1. The summed E-state index contributed by atoms with van der Waals surface area (Å²) >= 11 is 0. The maximum atomic E-state index is 12.4. The topological polar surface area (TPSA) is 114 Å². The van der Waals surface area contributed by atoms with E-state index in [2.05, 4.69) is 10.0 Å². The van der Waals surface area contributed by atoms with E-state index in [1.54, 1.807) is 12.1 Å². The van der Waals surface area contributed by atoms with E-state index in [1.807, 2.05) is 18.2 Å². The molecule has 1 amide bonds. The molecule has 2 aromatic rings. The predicted molar refractivity (Wildman–Crippen MR) is 94.4 cm³/mol. The number of benzene rings is 1. The average Bonchev–Trinajstić information content (AvgIpc) is 3.01. The molecule has 1 unspecified atom stereocenters. The van der Waals surface area contributed by atoms with E-state index in [1.165, 1.54) is 0 Å². The molecule has 1 aromatic heterocycles. The van der Waals surface area contributed by atoms with Gasteiger partial charge in [-0.1, -0.05) is 6.07 Å². The van der Waals surface area contributed by atoms with E-state index in [-0.39, 0.29) is 24.3 Å². The Balaban J connectivity index is 1.68. The zero-order valence-electron chi connectivity index (χ0n) is 13.9. The van der Waals surface area contributed by atoms with Crippen molar-refractivity contribution >= 4 is 21.6 Å². The van der Waals surface area contributed by atoms with Gasteiger partial charge in [-0.15, -0.1) is 0 Å². The van der Waals surface area contributed by atoms with Crippen LogP contribution in [-0.4, -0.2) is 20.6 Å². The molecule has 3 rings (SSSR count). The number of hydrogen-bond donors (Lipinski definition) is 3. The first-order chi connectivity index (χ1) is 11.8. The fraction of sp³-hybridized carbons (Fsp3) is 0.353. The molecule has 134 valence electrons. The minimum absolute atomic E-state index is 0.0116. The van der Waals surface area contributed by atoms with E-state index >= 15 is 0 Å². The Morgan fingerprint density at radius 1 is 1.32 bits per heavy atom. The van der Waals surface area contributed by atoms with Gasteiger partial charge in [0.1, 0.15) is 5.76 Å². The molecule has 0 radical (unpaired) electrons. The molecule has 1 aromatic carbocycles. The second-order valence-electron chi connectivity index (χ2n) is 6.24. The third-order valence-electron chi connectivity index (χ3n) is 4.18. The van der Waals surface area contributed by atoms with Gasteiger partial charge in [-0.05, 0) is 54.7 Å². The van der Waals surface area contributed by atoms with Gasteiger partial charge in [-0.25, -0.2) is 13.1 Å². The second-order valence-corrected chi connectivity index (χ2v) is 8.07. The number of fused-ring (bicyclic) bond motifs is 1. The number of nitrogens with one attached hydrogen (secondary N) is 2. The zero-order chi connectivity index (χ0) is 18.0. The van der Waals surface area contributed by atoms with Gasteiger partial charge in [0.05, 0.1) is 18.8 Å². The van der Waals surface area contributed by atoms with Crippen molar-refractivity contribution in [3.05, 3.63) is 53.0 Å². The molecule has 0 saturated heterocycles. The summed E-state index contributed by atoms with van der Waals surface area (Å²) in [6.45, 7) is 0.0116. The van der Waals surface area contributed by atoms with Crippen LogP contribution in [0.2, 0.25) is 0 Å². The molecule has 0 spiro atoms. The summed E-state index contributed by atoms with van der Waals surface area (Å²) in [7, 11) is -3.31. The van der Waals surface area contributed by atoms with Crippen LogP contribution in [-0.2, 0) is 23.0 Å². The second kappa shape index (κ2) is 6.89. The first-order valence-corrected chi connectivity index (χ1v) is 9.93. The Hall–Kier alpha value is -2.32. The Kier molecular flexibility index (Phi) is 4.82. The van der Waals surface area contributed by atoms with Gasteiger partial charge in [0, 0.05) is 5.69 Å². The quantitative estimate of drug-likeness (QED) is 0.700. The van der Waals surface area contributed by atoms with Crippen LogP contribution in [0.15, 0.2) is 34.7 Å². The third kappa shape index (κ3) is 4.40. The van der Waals surface area contributed by atoms with Crippen LogP contribution in [0, 0.1) is 0 Å². The SMILES string of the molecule is CS(=O)(=O)NCc1ccc(C(=O)NC2CCCc3cc(N)ccc32)o1. The lowest BCUT2D eigenvalue weighted by atomic mass is 9.87. The molecule has 0 saturated carbocycles. The van der Waals surface area contributed by atoms with E-state index in [0.29, 0.717) is 5.76 Å².